The molecule has 8 heteroatoms. The monoisotopic (exact) mass is 444 g/mol. The van der Waals surface area contributed by atoms with Crippen molar-refractivity contribution in [2.24, 2.45) is 0 Å². The number of carbonyl (C=O) groups is 1. The van der Waals surface area contributed by atoms with Crippen LogP contribution in [0.4, 0.5) is 20.2 Å². The van der Waals surface area contributed by atoms with Crippen molar-refractivity contribution in [2.75, 3.05) is 12.4 Å². The summed E-state index contributed by atoms with van der Waals surface area (Å²) in [6, 6.07) is 9.84. The Morgan fingerprint density at radius 3 is 2.74 bits per heavy atom. The third-order valence-corrected chi connectivity index (χ3v) is 5.54. The van der Waals surface area contributed by atoms with Gasteiger partial charge in [-0.3, -0.25) is 4.98 Å². The maximum absolute atomic E-state index is 13.7. The van der Waals surface area contributed by atoms with Gasteiger partial charge in [0.25, 0.3) is 5.92 Å². The topological polar surface area (TPSA) is 71.5 Å². The number of nitrogens with one attached hydrogen (secondary N) is 1. The van der Waals surface area contributed by atoms with Crippen LogP contribution in [0.2, 0.25) is 5.02 Å². The van der Waals surface area contributed by atoms with Crippen molar-refractivity contribution < 1.29 is 23.4 Å². The SMILES string of the molecule is COc1ccc(Nc2c(C3=CCC(F)(F)CC3)cnc3ccc(Cl)cc23)c(C(=O)O)c1. The van der Waals surface area contributed by atoms with Gasteiger partial charge in [-0.1, -0.05) is 17.7 Å². The van der Waals surface area contributed by atoms with Crippen molar-refractivity contribution >= 4 is 45.4 Å². The molecule has 0 saturated carbocycles. The maximum atomic E-state index is 13.7. The molecule has 31 heavy (non-hydrogen) atoms. The molecule has 0 atom stereocenters. The molecule has 2 aromatic carbocycles. The third kappa shape index (κ3) is 4.32. The number of methoxy groups -OCH3 is 1. The first-order valence-corrected chi connectivity index (χ1v) is 9.99. The highest BCUT2D eigenvalue weighted by atomic mass is 35.5. The number of alkyl halides is 2. The predicted molar refractivity (Wildman–Crippen MR) is 117 cm³/mol. The lowest BCUT2D eigenvalue weighted by Gasteiger charge is -2.24. The number of pyridine rings is 1. The van der Waals surface area contributed by atoms with E-state index in [0.717, 1.165) is 5.57 Å². The summed E-state index contributed by atoms with van der Waals surface area (Å²) in [4.78, 5) is 16.3. The maximum Gasteiger partial charge on any atom is 0.337 e. The first-order chi connectivity index (χ1) is 14.8. The van der Waals surface area contributed by atoms with Crippen LogP contribution in [-0.2, 0) is 0 Å². The minimum atomic E-state index is -2.73. The van der Waals surface area contributed by atoms with Gasteiger partial charge in [0, 0.05) is 35.0 Å². The predicted octanol–water partition coefficient (Wildman–Crippen LogP) is 6.54. The summed E-state index contributed by atoms with van der Waals surface area (Å²) in [5, 5.41) is 14.0. The van der Waals surface area contributed by atoms with E-state index >= 15 is 0 Å². The van der Waals surface area contributed by atoms with Crippen LogP contribution < -0.4 is 10.1 Å². The molecule has 0 unspecified atom stereocenters. The zero-order valence-electron chi connectivity index (χ0n) is 16.6. The number of aromatic nitrogens is 1. The fraction of sp³-hybridized carbons (Fsp3) is 0.217. The standard InChI is InChI=1S/C23H19ClF2N2O3/c1-31-15-3-5-20(17(11-15)22(29)30)28-21-16-10-14(24)2-4-19(16)27-12-18(21)13-6-8-23(25,26)9-7-13/h2-6,10-12H,7-9H2,1H3,(H,27,28)(H,29,30). The lowest BCUT2D eigenvalue weighted by Crippen LogP contribution is -2.18. The van der Waals surface area contributed by atoms with Crippen molar-refractivity contribution in [2.45, 2.75) is 25.2 Å². The molecule has 3 aromatic rings. The first kappa shape index (κ1) is 21.1. The molecule has 160 valence electrons. The number of allylic oxidation sites excluding steroid dienone is 2. The molecule has 1 aliphatic rings. The summed E-state index contributed by atoms with van der Waals surface area (Å²) in [6.45, 7) is 0. The quantitative estimate of drug-likeness (QED) is 0.467. The Hall–Kier alpha value is -3.19. The van der Waals surface area contributed by atoms with E-state index in [0.29, 0.717) is 38.6 Å². The molecule has 0 radical (unpaired) electrons. The van der Waals surface area contributed by atoms with Gasteiger partial charge in [-0.15, -0.1) is 0 Å². The number of hydrogen-bond donors (Lipinski definition) is 2. The number of ether oxygens (including phenoxy) is 1. The number of hydrogen-bond acceptors (Lipinski definition) is 4. The van der Waals surface area contributed by atoms with Gasteiger partial charge >= 0.3 is 5.97 Å². The molecule has 5 nitrogen and oxygen atoms in total. The van der Waals surface area contributed by atoms with Crippen molar-refractivity contribution in [3.05, 3.63) is 64.8 Å². The number of nitrogens with zero attached hydrogens (tertiary/aromatic N) is 1. The van der Waals surface area contributed by atoms with Crippen LogP contribution in [0.1, 0.15) is 35.2 Å². The van der Waals surface area contributed by atoms with E-state index in [-0.39, 0.29) is 24.8 Å². The Labute approximate surface area is 182 Å². The Morgan fingerprint density at radius 1 is 1.26 bits per heavy atom. The number of halogens is 3. The molecule has 1 heterocycles. The van der Waals surface area contributed by atoms with Crippen LogP contribution >= 0.6 is 11.6 Å². The summed E-state index contributed by atoms with van der Waals surface area (Å²) in [7, 11) is 1.45. The smallest absolute Gasteiger partial charge is 0.337 e. The highest BCUT2D eigenvalue weighted by Gasteiger charge is 2.32. The Bertz CT molecular complexity index is 1210. The number of rotatable bonds is 5. The van der Waals surface area contributed by atoms with E-state index in [1.54, 1.807) is 36.5 Å². The fourth-order valence-corrected chi connectivity index (χ4v) is 3.82. The average molecular weight is 445 g/mol. The number of carboxylic acids is 1. The van der Waals surface area contributed by atoms with Crippen LogP contribution in [0.5, 0.6) is 5.75 Å². The van der Waals surface area contributed by atoms with Crippen molar-refractivity contribution in [3.8, 4) is 5.75 Å². The molecule has 2 N–H and O–H groups in total. The Morgan fingerprint density at radius 2 is 2.06 bits per heavy atom. The second kappa shape index (κ2) is 8.15. The number of aromatic carboxylic acids is 1. The second-order valence-corrected chi connectivity index (χ2v) is 7.78. The zero-order chi connectivity index (χ0) is 22.2. The van der Waals surface area contributed by atoms with E-state index in [1.165, 1.54) is 19.3 Å². The molecule has 0 saturated heterocycles. The van der Waals surface area contributed by atoms with Gasteiger partial charge in [0.1, 0.15) is 5.75 Å². The normalized spacial score (nSPS) is 15.4. The van der Waals surface area contributed by atoms with Gasteiger partial charge in [-0.2, -0.15) is 0 Å². The van der Waals surface area contributed by atoms with Gasteiger partial charge in [0.15, 0.2) is 0 Å². The van der Waals surface area contributed by atoms with Gasteiger partial charge in [-0.05, 0) is 48.4 Å². The van der Waals surface area contributed by atoms with E-state index in [2.05, 4.69) is 10.3 Å². The Balaban J connectivity index is 1.89. The molecule has 0 aliphatic heterocycles. The van der Waals surface area contributed by atoms with Crippen LogP contribution in [0.15, 0.2) is 48.7 Å². The summed E-state index contributed by atoms with van der Waals surface area (Å²) < 4.78 is 32.5. The molecule has 1 aromatic heterocycles. The lowest BCUT2D eigenvalue weighted by molar-refractivity contribution is -0.00603. The molecule has 0 bridgehead atoms. The number of fused-ring (bicyclic) bond motifs is 1. The molecule has 0 spiro atoms. The summed E-state index contributed by atoms with van der Waals surface area (Å²) >= 11 is 6.21. The van der Waals surface area contributed by atoms with Crippen LogP contribution in [0, 0.1) is 0 Å². The van der Waals surface area contributed by atoms with E-state index in [4.69, 9.17) is 16.3 Å². The van der Waals surface area contributed by atoms with Gasteiger partial charge in [-0.25, -0.2) is 13.6 Å². The number of carboxylic acid groups (broad SMARTS) is 1. The summed E-state index contributed by atoms with van der Waals surface area (Å²) in [6.07, 6.45) is 2.73. The van der Waals surface area contributed by atoms with Crippen molar-refractivity contribution in [1.29, 1.82) is 0 Å². The van der Waals surface area contributed by atoms with Gasteiger partial charge < -0.3 is 15.2 Å². The van der Waals surface area contributed by atoms with Crippen LogP contribution in [0.3, 0.4) is 0 Å². The zero-order valence-corrected chi connectivity index (χ0v) is 17.3. The largest absolute Gasteiger partial charge is 0.497 e. The third-order valence-electron chi connectivity index (χ3n) is 5.30. The van der Waals surface area contributed by atoms with Gasteiger partial charge in [0.05, 0.1) is 29.6 Å². The lowest BCUT2D eigenvalue weighted by atomic mass is 9.90. The summed E-state index contributed by atoms with van der Waals surface area (Å²) in [5.74, 6) is -3.45. The highest BCUT2D eigenvalue weighted by molar-refractivity contribution is 6.31. The minimum Gasteiger partial charge on any atom is -0.497 e. The second-order valence-electron chi connectivity index (χ2n) is 7.34. The molecule has 0 amide bonds. The van der Waals surface area contributed by atoms with Crippen LogP contribution in [0.25, 0.3) is 16.5 Å². The molecule has 4 rings (SSSR count). The minimum absolute atomic E-state index is 0.0152. The van der Waals surface area contributed by atoms with Crippen molar-refractivity contribution in [3.63, 3.8) is 0 Å². The van der Waals surface area contributed by atoms with Crippen molar-refractivity contribution in [1.82, 2.24) is 4.98 Å². The highest BCUT2D eigenvalue weighted by Crippen LogP contribution is 2.41. The summed E-state index contributed by atoms with van der Waals surface area (Å²) in [5.41, 5.74) is 2.93. The molecular formula is C23H19ClF2N2O3. The molecular weight excluding hydrogens is 426 g/mol. The number of anilines is 2. The van der Waals surface area contributed by atoms with Crippen LogP contribution in [-0.4, -0.2) is 29.1 Å². The number of benzene rings is 2. The Kier molecular flexibility index (Phi) is 5.54. The first-order valence-electron chi connectivity index (χ1n) is 9.61. The van der Waals surface area contributed by atoms with E-state index in [9.17, 15) is 18.7 Å². The van der Waals surface area contributed by atoms with E-state index in [1.807, 2.05) is 0 Å². The molecule has 1 aliphatic carbocycles. The average Bonchev–Trinajstić information content (AvgIpc) is 2.74. The van der Waals surface area contributed by atoms with E-state index < -0.39 is 11.9 Å². The van der Waals surface area contributed by atoms with Gasteiger partial charge in [0.2, 0.25) is 0 Å². The fourth-order valence-electron chi connectivity index (χ4n) is 3.65. The molecule has 0 fully saturated rings.